The van der Waals surface area contributed by atoms with Crippen molar-refractivity contribution in [2.75, 3.05) is 13.2 Å². The Morgan fingerprint density at radius 3 is 2.16 bits per heavy atom. The van der Waals surface area contributed by atoms with Crippen LogP contribution in [0.5, 0.6) is 0 Å². The second-order valence-corrected chi connectivity index (χ2v) is 19.8. The minimum absolute atomic E-state index is 0.0718. The zero-order valence-corrected chi connectivity index (χ0v) is 33.4. The lowest BCUT2D eigenvalue weighted by Gasteiger charge is -2.72. The van der Waals surface area contributed by atoms with E-state index >= 15 is 0 Å². The number of ether oxygens (including phenoxy) is 3. The highest BCUT2D eigenvalue weighted by Crippen LogP contribution is 2.76. The van der Waals surface area contributed by atoms with Crippen LogP contribution in [-0.2, 0) is 19.0 Å². The Labute approximate surface area is 328 Å². The number of hydrogen-bond donors (Lipinski definition) is 8. The summed E-state index contributed by atoms with van der Waals surface area (Å²) in [6, 6.07) is 8.59. The number of benzene rings is 1. The molecule has 7 rings (SSSR count). The van der Waals surface area contributed by atoms with Crippen LogP contribution in [0.3, 0.4) is 0 Å². The van der Waals surface area contributed by atoms with Crippen LogP contribution in [0.15, 0.2) is 42.0 Å². The van der Waals surface area contributed by atoms with Crippen LogP contribution in [0.25, 0.3) is 0 Å². The number of rotatable bonds is 7. The van der Waals surface area contributed by atoms with Gasteiger partial charge in [0.05, 0.1) is 42.0 Å². The van der Waals surface area contributed by atoms with Gasteiger partial charge in [0.2, 0.25) is 0 Å². The molecule has 0 unspecified atom stereocenters. The number of carboxylic acids is 1. The quantitative estimate of drug-likeness (QED) is 0.113. The van der Waals surface area contributed by atoms with Gasteiger partial charge in [-0.15, -0.1) is 0 Å². The summed E-state index contributed by atoms with van der Waals surface area (Å²) in [6.07, 6.45) is -6.67. The fourth-order valence-corrected chi connectivity index (χ4v) is 13.3. The Morgan fingerprint density at radius 2 is 1.52 bits per heavy atom. The summed E-state index contributed by atoms with van der Waals surface area (Å²) in [5, 5.41) is 88.3. The third-order valence-corrected chi connectivity index (χ3v) is 16.8. The number of fused-ring (bicyclic) bond motifs is 7. The van der Waals surface area contributed by atoms with E-state index in [1.165, 1.54) is 0 Å². The molecular weight excluding hydrogens is 724 g/mol. The average Bonchev–Trinajstić information content (AvgIpc) is 3.15. The maximum absolute atomic E-state index is 13.3. The molecule has 8 N–H and O–H groups in total. The standard InChI is InChI=1S/C43H62O13/c1-38(2)18-24-23-12-13-26-39(3)16-15-28(55-37-31(48)29(46)30(47)32(56-37)35(51)52)40(4,20-44)25(39)14-17-41(26,5)42(23,6)19-27(45)43(24,34(50)33(38)49)21-54-36(53)22-10-8-7-9-11-22/h7-12,24-34,37,44-50H,13-21H2,1-6H3,(H,51,52)/t24-,25+,26+,27-,28-,29-,30-,31+,32-,33-,34-,37+,39-,40-,41+,42+,43-/m0/s1. The van der Waals surface area contributed by atoms with Gasteiger partial charge in [0.15, 0.2) is 12.4 Å². The third-order valence-electron chi connectivity index (χ3n) is 16.8. The van der Waals surface area contributed by atoms with Crippen LogP contribution in [0.1, 0.15) is 96.8 Å². The van der Waals surface area contributed by atoms with E-state index in [9.17, 15) is 50.4 Å². The second kappa shape index (κ2) is 14.1. The Balaban J connectivity index is 1.21. The van der Waals surface area contributed by atoms with Gasteiger partial charge in [0, 0.05) is 5.41 Å². The molecule has 0 aromatic heterocycles. The lowest BCUT2D eigenvalue weighted by molar-refractivity contribution is -0.328. The molecule has 312 valence electrons. The molecule has 1 aliphatic heterocycles. The molecule has 1 heterocycles. The van der Waals surface area contributed by atoms with E-state index in [0.717, 1.165) is 12.0 Å². The van der Waals surface area contributed by atoms with Crippen molar-refractivity contribution in [1.82, 2.24) is 0 Å². The molecule has 0 radical (unpaired) electrons. The maximum Gasteiger partial charge on any atom is 0.338 e. The van der Waals surface area contributed by atoms with Gasteiger partial charge in [-0.25, -0.2) is 9.59 Å². The average molecular weight is 787 g/mol. The van der Waals surface area contributed by atoms with Gasteiger partial charge < -0.3 is 55.1 Å². The molecule has 6 aliphatic rings. The molecule has 1 saturated heterocycles. The van der Waals surface area contributed by atoms with E-state index in [2.05, 4.69) is 26.8 Å². The molecule has 0 spiro atoms. The van der Waals surface area contributed by atoms with Crippen LogP contribution in [0, 0.1) is 50.2 Å². The first-order valence-electron chi connectivity index (χ1n) is 20.3. The molecule has 1 aromatic rings. The first-order chi connectivity index (χ1) is 26.1. The van der Waals surface area contributed by atoms with Crippen molar-refractivity contribution in [3.05, 3.63) is 47.5 Å². The lowest BCUT2D eigenvalue weighted by atomic mass is 9.33. The highest BCUT2D eigenvalue weighted by atomic mass is 16.7. The van der Waals surface area contributed by atoms with Crippen molar-refractivity contribution >= 4 is 11.9 Å². The Kier molecular flexibility index (Phi) is 10.5. The third kappa shape index (κ3) is 5.81. The number of aliphatic carboxylic acids is 1. The summed E-state index contributed by atoms with van der Waals surface area (Å²) in [7, 11) is 0. The molecule has 5 fully saturated rings. The van der Waals surface area contributed by atoms with E-state index < -0.39 is 94.6 Å². The molecule has 0 bridgehead atoms. The molecule has 4 saturated carbocycles. The number of carbonyl (C=O) groups excluding carboxylic acids is 1. The first-order valence-corrected chi connectivity index (χ1v) is 20.3. The molecule has 17 atom stereocenters. The fraction of sp³-hybridized carbons (Fsp3) is 0.767. The van der Waals surface area contributed by atoms with Crippen molar-refractivity contribution in [1.29, 1.82) is 0 Å². The zero-order valence-electron chi connectivity index (χ0n) is 33.4. The minimum atomic E-state index is -1.84. The van der Waals surface area contributed by atoms with Crippen LogP contribution in [0.4, 0.5) is 0 Å². The molecule has 13 heteroatoms. The van der Waals surface area contributed by atoms with Crippen molar-refractivity contribution in [2.24, 2.45) is 50.2 Å². The fourth-order valence-electron chi connectivity index (χ4n) is 13.3. The van der Waals surface area contributed by atoms with Crippen molar-refractivity contribution < 1.29 is 64.7 Å². The number of carbonyl (C=O) groups is 2. The van der Waals surface area contributed by atoms with Gasteiger partial charge in [0.1, 0.15) is 24.9 Å². The van der Waals surface area contributed by atoms with Crippen molar-refractivity contribution in [2.45, 2.75) is 142 Å². The largest absolute Gasteiger partial charge is 0.479 e. The Morgan fingerprint density at radius 1 is 0.839 bits per heavy atom. The normalized spacial score (nSPS) is 49.6. The number of carboxylic acid groups (broad SMARTS) is 1. The van der Waals surface area contributed by atoms with E-state index in [0.29, 0.717) is 37.7 Å². The van der Waals surface area contributed by atoms with Crippen LogP contribution in [-0.4, -0.2) is 121 Å². The minimum Gasteiger partial charge on any atom is -0.479 e. The number of allylic oxidation sites excluding steroid dienone is 2. The molecule has 13 nitrogen and oxygen atoms in total. The van der Waals surface area contributed by atoms with E-state index in [1.54, 1.807) is 30.3 Å². The predicted molar refractivity (Wildman–Crippen MR) is 201 cm³/mol. The monoisotopic (exact) mass is 786 g/mol. The van der Waals surface area contributed by atoms with Crippen molar-refractivity contribution in [3.8, 4) is 0 Å². The van der Waals surface area contributed by atoms with Gasteiger partial charge in [-0.2, -0.15) is 0 Å². The summed E-state index contributed by atoms with van der Waals surface area (Å²) in [6.45, 7) is 12.1. The summed E-state index contributed by atoms with van der Waals surface area (Å²) in [4.78, 5) is 25.1. The molecule has 0 amide bonds. The number of aliphatic hydroxyl groups excluding tert-OH is 7. The summed E-state index contributed by atoms with van der Waals surface area (Å²) in [5.74, 6) is -2.43. The van der Waals surface area contributed by atoms with Gasteiger partial charge >= 0.3 is 11.9 Å². The predicted octanol–water partition coefficient (Wildman–Crippen LogP) is 2.81. The molecular formula is C43H62O13. The molecule has 1 aromatic carbocycles. The van der Waals surface area contributed by atoms with E-state index in [4.69, 9.17) is 14.2 Å². The number of hydrogen-bond acceptors (Lipinski definition) is 12. The van der Waals surface area contributed by atoms with Crippen LogP contribution < -0.4 is 0 Å². The topological polar surface area (TPSA) is 224 Å². The second-order valence-electron chi connectivity index (χ2n) is 19.8. The summed E-state index contributed by atoms with van der Waals surface area (Å²) < 4.78 is 17.8. The Bertz CT molecular complexity index is 1700. The van der Waals surface area contributed by atoms with E-state index in [-0.39, 0.29) is 42.3 Å². The van der Waals surface area contributed by atoms with Crippen LogP contribution in [0.2, 0.25) is 0 Å². The molecule has 5 aliphatic carbocycles. The highest BCUT2D eigenvalue weighted by Gasteiger charge is 2.73. The van der Waals surface area contributed by atoms with Gasteiger partial charge in [-0.1, -0.05) is 71.4 Å². The highest BCUT2D eigenvalue weighted by molar-refractivity contribution is 5.89. The summed E-state index contributed by atoms with van der Waals surface area (Å²) in [5.41, 5.74) is -2.61. The van der Waals surface area contributed by atoms with Gasteiger partial charge in [-0.05, 0) is 96.5 Å². The first kappa shape index (κ1) is 41.7. The zero-order chi connectivity index (χ0) is 41.0. The smallest absolute Gasteiger partial charge is 0.338 e. The summed E-state index contributed by atoms with van der Waals surface area (Å²) >= 11 is 0. The van der Waals surface area contributed by atoms with Gasteiger partial charge in [-0.3, -0.25) is 0 Å². The van der Waals surface area contributed by atoms with Gasteiger partial charge in [0.25, 0.3) is 0 Å². The number of esters is 1. The number of aliphatic hydroxyl groups is 7. The Hall–Kier alpha value is -2.46. The lowest BCUT2D eigenvalue weighted by Crippen LogP contribution is -2.72. The van der Waals surface area contributed by atoms with Crippen LogP contribution >= 0.6 is 0 Å². The SMILES string of the molecule is CC1(C)C[C@H]2C3=CC[C@@H]4[C@@]5(C)CC[C@H](O[C@@H]6O[C@H](C(=O)O)[C@@H](O)[C@H](O)[C@H]6O)[C@@](C)(CO)[C@@H]5CC[C@@]4(C)[C@]3(C)C[C@H](O)[C@@]2(COC(=O)c2ccccc2)[C@@H](O)[C@@H]1O. The maximum atomic E-state index is 13.3. The van der Waals surface area contributed by atoms with Crippen molar-refractivity contribution in [3.63, 3.8) is 0 Å². The molecule has 56 heavy (non-hydrogen) atoms. The van der Waals surface area contributed by atoms with E-state index in [1.807, 2.05) is 20.8 Å².